The topological polar surface area (TPSA) is 56.6 Å². The number of fused-ring (bicyclic) bond motifs is 4. The Kier molecular flexibility index (Phi) is 4.73. The average molecular weight is 437 g/mol. The van der Waals surface area contributed by atoms with E-state index in [1.165, 1.54) is 0 Å². The number of hydrogen-bond donors (Lipinski definition) is 0. The SMILES string of the molecule is CCn1cc(/C=C2\Oc3c(ccc4c3CN(Cc3ccccn3)CO4)C2=O)c2ccccc21. The number of Topliss-reactive ketones (excluding diaryl/α,β-unsaturated/α-hetero) is 1. The van der Waals surface area contributed by atoms with E-state index in [2.05, 4.69) is 39.7 Å². The molecule has 0 N–H and O–H groups in total. The van der Waals surface area contributed by atoms with Gasteiger partial charge in [-0.1, -0.05) is 24.3 Å². The summed E-state index contributed by atoms with van der Waals surface area (Å²) in [5.41, 5.74) is 4.59. The number of ketones is 1. The van der Waals surface area contributed by atoms with Gasteiger partial charge in [-0.3, -0.25) is 14.7 Å². The fourth-order valence-electron chi connectivity index (χ4n) is 4.62. The number of pyridine rings is 1. The predicted molar refractivity (Wildman–Crippen MR) is 126 cm³/mol. The molecule has 4 heterocycles. The smallest absolute Gasteiger partial charge is 0.231 e. The quantitative estimate of drug-likeness (QED) is 0.420. The summed E-state index contributed by atoms with van der Waals surface area (Å²) >= 11 is 0. The molecule has 2 aliphatic heterocycles. The van der Waals surface area contributed by atoms with Crippen molar-refractivity contribution >= 4 is 22.8 Å². The Labute approximate surface area is 191 Å². The molecule has 6 nitrogen and oxygen atoms in total. The van der Waals surface area contributed by atoms with Crippen molar-refractivity contribution in [2.75, 3.05) is 6.73 Å². The van der Waals surface area contributed by atoms with Gasteiger partial charge in [-0.25, -0.2) is 0 Å². The number of allylic oxidation sites excluding steroid dienone is 1. The Morgan fingerprint density at radius 3 is 2.82 bits per heavy atom. The molecule has 0 saturated heterocycles. The maximum Gasteiger partial charge on any atom is 0.231 e. The van der Waals surface area contributed by atoms with E-state index in [0.29, 0.717) is 36.9 Å². The number of ether oxygens (including phenoxy) is 2. The largest absolute Gasteiger partial charge is 0.478 e. The van der Waals surface area contributed by atoms with Gasteiger partial charge in [0.2, 0.25) is 5.78 Å². The van der Waals surface area contributed by atoms with Crippen LogP contribution in [0.3, 0.4) is 0 Å². The molecule has 0 aliphatic carbocycles. The Balaban J connectivity index is 1.33. The van der Waals surface area contributed by atoms with E-state index in [9.17, 15) is 4.79 Å². The third kappa shape index (κ3) is 3.39. The second kappa shape index (κ2) is 7.90. The minimum Gasteiger partial charge on any atom is -0.478 e. The van der Waals surface area contributed by atoms with Crippen LogP contribution in [-0.4, -0.2) is 27.0 Å². The lowest BCUT2D eigenvalue weighted by molar-refractivity contribution is 0.0861. The first-order chi connectivity index (χ1) is 16.2. The summed E-state index contributed by atoms with van der Waals surface area (Å²) in [5.74, 6) is 1.62. The van der Waals surface area contributed by atoms with Crippen LogP contribution >= 0.6 is 0 Å². The normalized spacial score (nSPS) is 16.5. The molecule has 0 fully saturated rings. The van der Waals surface area contributed by atoms with Crippen molar-refractivity contribution in [2.45, 2.75) is 26.6 Å². The van der Waals surface area contributed by atoms with Crippen LogP contribution in [0.4, 0.5) is 0 Å². The van der Waals surface area contributed by atoms with E-state index in [0.717, 1.165) is 40.0 Å². The van der Waals surface area contributed by atoms with Crippen LogP contribution in [0.25, 0.3) is 17.0 Å². The molecule has 0 atom stereocenters. The van der Waals surface area contributed by atoms with Gasteiger partial charge < -0.3 is 14.0 Å². The molecular formula is C27H23N3O3. The van der Waals surface area contributed by atoms with Crippen molar-refractivity contribution in [3.63, 3.8) is 0 Å². The Bertz CT molecular complexity index is 1410. The third-order valence-corrected chi connectivity index (χ3v) is 6.24. The summed E-state index contributed by atoms with van der Waals surface area (Å²) in [6.07, 6.45) is 5.73. The minimum absolute atomic E-state index is 0.0945. The van der Waals surface area contributed by atoms with Crippen molar-refractivity contribution in [3.05, 3.63) is 95.1 Å². The first-order valence-electron chi connectivity index (χ1n) is 11.1. The number of hydrogen-bond acceptors (Lipinski definition) is 5. The van der Waals surface area contributed by atoms with Crippen molar-refractivity contribution < 1.29 is 14.3 Å². The Morgan fingerprint density at radius 2 is 1.97 bits per heavy atom. The monoisotopic (exact) mass is 437 g/mol. The highest BCUT2D eigenvalue weighted by Crippen LogP contribution is 2.42. The van der Waals surface area contributed by atoms with Crippen molar-refractivity contribution in [2.24, 2.45) is 0 Å². The summed E-state index contributed by atoms with van der Waals surface area (Å²) in [7, 11) is 0. The summed E-state index contributed by atoms with van der Waals surface area (Å²) in [6, 6.07) is 17.8. The number of carbonyl (C=O) groups is 1. The molecule has 0 amide bonds. The number of rotatable bonds is 4. The lowest BCUT2D eigenvalue weighted by Crippen LogP contribution is -2.32. The highest BCUT2D eigenvalue weighted by molar-refractivity contribution is 6.15. The van der Waals surface area contributed by atoms with E-state index in [-0.39, 0.29) is 5.78 Å². The van der Waals surface area contributed by atoms with Crippen LogP contribution in [0.1, 0.15) is 34.1 Å². The fraction of sp³-hybridized carbons (Fsp3) is 0.185. The summed E-state index contributed by atoms with van der Waals surface area (Å²) < 4.78 is 14.4. The second-order valence-corrected chi connectivity index (χ2v) is 8.33. The molecule has 6 rings (SSSR count). The van der Waals surface area contributed by atoms with E-state index in [1.807, 2.05) is 42.5 Å². The average Bonchev–Trinajstić information content (AvgIpc) is 3.37. The van der Waals surface area contributed by atoms with Crippen molar-refractivity contribution in [1.82, 2.24) is 14.5 Å². The zero-order valence-electron chi connectivity index (χ0n) is 18.3. The first-order valence-corrected chi connectivity index (χ1v) is 11.1. The van der Waals surface area contributed by atoms with Gasteiger partial charge in [-0.2, -0.15) is 0 Å². The van der Waals surface area contributed by atoms with Crippen LogP contribution < -0.4 is 9.47 Å². The van der Waals surface area contributed by atoms with Crippen LogP contribution in [0.5, 0.6) is 11.5 Å². The lowest BCUT2D eigenvalue weighted by Gasteiger charge is -2.29. The van der Waals surface area contributed by atoms with Gasteiger partial charge in [0.15, 0.2) is 5.76 Å². The number of nitrogens with zero attached hydrogens (tertiary/aromatic N) is 3. The molecule has 0 unspecified atom stereocenters. The van der Waals surface area contributed by atoms with Gasteiger partial charge in [-0.15, -0.1) is 0 Å². The zero-order valence-corrected chi connectivity index (χ0v) is 18.3. The van der Waals surface area contributed by atoms with Crippen LogP contribution in [0.2, 0.25) is 0 Å². The maximum atomic E-state index is 13.2. The van der Waals surface area contributed by atoms with E-state index in [4.69, 9.17) is 9.47 Å². The highest BCUT2D eigenvalue weighted by atomic mass is 16.5. The van der Waals surface area contributed by atoms with E-state index < -0.39 is 0 Å². The zero-order chi connectivity index (χ0) is 22.4. The number of aromatic nitrogens is 2. The van der Waals surface area contributed by atoms with Crippen LogP contribution in [-0.2, 0) is 19.6 Å². The molecule has 164 valence electrons. The van der Waals surface area contributed by atoms with Crippen molar-refractivity contribution in [3.8, 4) is 11.5 Å². The summed E-state index contributed by atoms with van der Waals surface area (Å²) in [5, 5.41) is 1.10. The second-order valence-electron chi connectivity index (χ2n) is 8.33. The fourth-order valence-corrected chi connectivity index (χ4v) is 4.62. The van der Waals surface area contributed by atoms with Gasteiger partial charge in [0, 0.05) is 48.5 Å². The van der Waals surface area contributed by atoms with Gasteiger partial charge in [0.1, 0.15) is 18.2 Å². The molecule has 2 aromatic carbocycles. The molecule has 0 radical (unpaired) electrons. The molecular weight excluding hydrogens is 414 g/mol. The minimum atomic E-state index is -0.0945. The van der Waals surface area contributed by atoms with Gasteiger partial charge in [-0.05, 0) is 43.3 Å². The van der Waals surface area contributed by atoms with E-state index >= 15 is 0 Å². The van der Waals surface area contributed by atoms with Gasteiger partial charge in [0.25, 0.3) is 0 Å². The molecule has 0 bridgehead atoms. The van der Waals surface area contributed by atoms with Crippen LogP contribution in [0.15, 0.2) is 72.8 Å². The molecule has 4 aromatic rings. The molecule has 33 heavy (non-hydrogen) atoms. The number of benzene rings is 2. The number of aryl methyl sites for hydroxylation is 1. The third-order valence-electron chi connectivity index (χ3n) is 6.24. The Hall–Kier alpha value is -3.90. The summed E-state index contributed by atoms with van der Waals surface area (Å²) in [6.45, 7) is 4.73. The molecule has 0 spiro atoms. The number of carbonyl (C=O) groups excluding carboxylic acids is 1. The first kappa shape index (κ1) is 19.8. The summed E-state index contributed by atoms with van der Waals surface area (Å²) in [4.78, 5) is 19.8. The molecule has 0 saturated carbocycles. The van der Waals surface area contributed by atoms with E-state index in [1.54, 1.807) is 12.3 Å². The highest BCUT2D eigenvalue weighted by Gasteiger charge is 2.33. The number of para-hydroxylation sites is 1. The maximum absolute atomic E-state index is 13.2. The molecule has 2 aliphatic rings. The predicted octanol–water partition coefficient (Wildman–Crippen LogP) is 5.02. The molecule has 2 aromatic heterocycles. The Morgan fingerprint density at radius 1 is 1.09 bits per heavy atom. The van der Waals surface area contributed by atoms with Crippen molar-refractivity contribution in [1.29, 1.82) is 0 Å². The van der Waals surface area contributed by atoms with Crippen LogP contribution in [0, 0.1) is 0 Å². The molecule has 6 heteroatoms. The lowest BCUT2D eigenvalue weighted by atomic mass is 10.0. The van der Waals surface area contributed by atoms with Gasteiger partial charge >= 0.3 is 0 Å². The van der Waals surface area contributed by atoms with Gasteiger partial charge in [0.05, 0.1) is 16.8 Å². The standard InChI is InChI=1S/C27H23N3O3/c1-2-30-14-18(20-8-3-4-9-23(20)30)13-25-26(31)21-10-11-24-22(27(21)33-25)16-29(17-32-24)15-19-7-5-6-12-28-19/h3-14H,2,15-17H2,1H3/b25-13-.